The van der Waals surface area contributed by atoms with Gasteiger partial charge in [0.15, 0.2) is 5.76 Å². The maximum atomic E-state index is 13.1. The molecule has 0 spiro atoms. The van der Waals surface area contributed by atoms with Crippen LogP contribution in [0, 0.1) is 5.82 Å². The normalized spacial score (nSPS) is 12.4. The quantitative estimate of drug-likeness (QED) is 0.739. The minimum Gasteiger partial charge on any atom is -0.461 e. The lowest BCUT2D eigenvalue weighted by Crippen LogP contribution is -1.97. The van der Waals surface area contributed by atoms with E-state index < -0.39 is 16.6 Å². The fourth-order valence-corrected chi connectivity index (χ4v) is 2.61. The van der Waals surface area contributed by atoms with Crippen LogP contribution in [0.2, 0.25) is 0 Å². The van der Waals surface area contributed by atoms with Gasteiger partial charge in [0.2, 0.25) is 11.7 Å². The van der Waals surface area contributed by atoms with Gasteiger partial charge < -0.3 is 8.94 Å². The molecule has 0 aliphatic heterocycles. The van der Waals surface area contributed by atoms with E-state index in [2.05, 4.69) is 10.1 Å². The molecule has 3 aromatic rings. The molecule has 0 aliphatic carbocycles. The number of aromatic nitrogens is 2. The van der Waals surface area contributed by atoms with Gasteiger partial charge in [-0.2, -0.15) is 4.98 Å². The van der Waals surface area contributed by atoms with E-state index >= 15 is 0 Å². The monoisotopic (exact) mass is 292 g/mol. The molecule has 3 rings (SSSR count). The molecule has 2 heterocycles. The van der Waals surface area contributed by atoms with Crippen LogP contribution in [0.1, 0.15) is 5.89 Å². The second-order valence-electron chi connectivity index (χ2n) is 3.94. The Kier molecular flexibility index (Phi) is 3.42. The Morgan fingerprint density at radius 3 is 2.90 bits per heavy atom. The van der Waals surface area contributed by atoms with Gasteiger partial charge in [0.05, 0.1) is 17.1 Å². The van der Waals surface area contributed by atoms with Crippen molar-refractivity contribution in [3.8, 4) is 11.6 Å². The average molecular weight is 292 g/mol. The molecule has 5 nitrogen and oxygen atoms in total. The molecule has 0 bridgehead atoms. The number of benzene rings is 1. The van der Waals surface area contributed by atoms with Crippen LogP contribution < -0.4 is 0 Å². The zero-order chi connectivity index (χ0) is 13.9. The largest absolute Gasteiger partial charge is 0.461 e. The van der Waals surface area contributed by atoms with Crippen LogP contribution in [-0.2, 0) is 16.6 Å². The van der Waals surface area contributed by atoms with Crippen LogP contribution in [0.25, 0.3) is 11.6 Å². The predicted molar refractivity (Wildman–Crippen MR) is 68.5 cm³/mol. The Hall–Kier alpha value is -2.28. The van der Waals surface area contributed by atoms with Crippen molar-refractivity contribution in [1.82, 2.24) is 10.1 Å². The van der Waals surface area contributed by atoms with Crippen LogP contribution in [0.4, 0.5) is 4.39 Å². The number of rotatable bonds is 4. The number of halogens is 1. The fraction of sp³-hybridized carbons (Fsp3) is 0.0769. The van der Waals surface area contributed by atoms with E-state index in [0.29, 0.717) is 16.5 Å². The molecule has 102 valence electrons. The first-order valence-corrected chi connectivity index (χ1v) is 7.04. The molecule has 20 heavy (non-hydrogen) atoms. The van der Waals surface area contributed by atoms with Crippen molar-refractivity contribution in [3.63, 3.8) is 0 Å². The first-order valence-electron chi connectivity index (χ1n) is 5.73. The topological polar surface area (TPSA) is 69.1 Å². The highest BCUT2D eigenvalue weighted by atomic mass is 32.2. The lowest BCUT2D eigenvalue weighted by Gasteiger charge is -1.98. The summed E-state index contributed by atoms with van der Waals surface area (Å²) >= 11 is 0. The average Bonchev–Trinajstić information content (AvgIpc) is 3.08. The van der Waals surface area contributed by atoms with Gasteiger partial charge >= 0.3 is 0 Å². The highest BCUT2D eigenvalue weighted by Crippen LogP contribution is 2.18. The first-order chi connectivity index (χ1) is 9.72. The predicted octanol–water partition coefficient (Wildman–Crippen LogP) is 2.78. The maximum Gasteiger partial charge on any atom is 0.240 e. The van der Waals surface area contributed by atoms with Crippen LogP contribution in [-0.4, -0.2) is 14.3 Å². The minimum absolute atomic E-state index is 0.0250. The van der Waals surface area contributed by atoms with E-state index in [-0.39, 0.29) is 11.6 Å². The van der Waals surface area contributed by atoms with Gasteiger partial charge in [0.1, 0.15) is 11.6 Å². The summed E-state index contributed by atoms with van der Waals surface area (Å²) in [7, 11) is -1.44. The Morgan fingerprint density at radius 2 is 2.15 bits per heavy atom. The van der Waals surface area contributed by atoms with Crippen molar-refractivity contribution in [2.75, 3.05) is 0 Å². The van der Waals surface area contributed by atoms with Crippen molar-refractivity contribution in [2.45, 2.75) is 10.6 Å². The summed E-state index contributed by atoms with van der Waals surface area (Å²) in [6, 6.07) is 9.00. The molecule has 2 aromatic heterocycles. The zero-order valence-corrected chi connectivity index (χ0v) is 11.0. The van der Waals surface area contributed by atoms with Gasteiger partial charge in [-0.25, -0.2) is 4.39 Å². The van der Waals surface area contributed by atoms with E-state index in [4.69, 9.17) is 8.94 Å². The molecule has 1 aromatic carbocycles. The summed E-state index contributed by atoms with van der Waals surface area (Å²) in [5, 5.41) is 3.73. The number of hydrogen-bond donors (Lipinski definition) is 0. The fourth-order valence-electron chi connectivity index (χ4n) is 1.62. The van der Waals surface area contributed by atoms with E-state index in [1.165, 1.54) is 24.5 Å². The summed E-state index contributed by atoms with van der Waals surface area (Å²) in [4.78, 5) is 4.46. The van der Waals surface area contributed by atoms with E-state index in [9.17, 15) is 8.60 Å². The van der Waals surface area contributed by atoms with Gasteiger partial charge in [-0.05, 0) is 30.3 Å². The second-order valence-corrected chi connectivity index (χ2v) is 5.39. The molecule has 0 amide bonds. The third kappa shape index (κ3) is 2.67. The van der Waals surface area contributed by atoms with Gasteiger partial charge in [-0.3, -0.25) is 4.21 Å². The molecular formula is C13H9FN2O3S. The molecular weight excluding hydrogens is 283 g/mol. The molecule has 0 saturated carbocycles. The summed E-state index contributed by atoms with van der Waals surface area (Å²) in [5.74, 6) is 0.561. The van der Waals surface area contributed by atoms with Gasteiger partial charge in [-0.15, -0.1) is 0 Å². The first kappa shape index (κ1) is 12.7. The minimum atomic E-state index is -1.44. The highest BCUT2D eigenvalue weighted by molar-refractivity contribution is 7.84. The molecule has 0 unspecified atom stereocenters. The molecule has 0 N–H and O–H groups in total. The number of hydrogen-bond acceptors (Lipinski definition) is 5. The van der Waals surface area contributed by atoms with E-state index in [0.717, 1.165) is 0 Å². The van der Waals surface area contributed by atoms with Crippen LogP contribution >= 0.6 is 0 Å². The SMILES string of the molecule is O=[S@](Cc1nc(-c2ccco2)no1)c1cccc(F)c1. The standard InChI is InChI=1S/C13H9FN2O3S/c14-9-3-1-4-10(7-9)20(17)8-12-15-13(16-19-12)11-5-2-6-18-11/h1-7H,8H2/t20-/m1/s1. The van der Waals surface area contributed by atoms with Crippen molar-refractivity contribution in [3.05, 3.63) is 54.4 Å². The number of nitrogens with zero attached hydrogens (tertiary/aromatic N) is 2. The Bertz CT molecular complexity index is 740. The molecule has 1 atom stereocenters. The van der Waals surface area contributed by atoms with Crippen molar-refractivity contribution < 1.29 is 17.5 Å². The highest BCUT2D eigenvalue weighted by Gasteiger charge is 2.14. The Labute approximate surface area is 115 Å². The van der Waals surface area contributed by atoms with E-state index in [1.807, 2.05) is 0 Å². The lowest BCUT2D eigenvalue weighted by atomic mass is 10.4. The second kappa shape index (κ2) is 5.38. The van der Waals surface area contributed by atoms with Gasteiger partial charge in [0, 0.05) is 4.90 Å². The molecule has 0 aliphatic rings. The maximum absolute atomic E-state index is 13.1. The van der Waals surface area contributed by atoms with Gasteiger partial charge in [0.25, 0.3) is 0 Å². The summed E-state index contributed by atoms with van der Waals surface area (Å²) in [6.45, 7) is 0. The zero-order valence-electron chi connectivity index (χ0n) is 10.2. The number of furan rings is 1. The molecule has 7 heteroatoms. The van der Waals surface area contributed by atoms with E-state index in [1.54, 1.807) is 18.2 Å². The van der Waals surface area contributed by atoms with Crippen LogP contribution in [0.15, 0.2) is 56.5 Å². The Balaban J connectivity index is 1.77. The summed E-state index contributed by atoms with van der Waals surface area (Å²) in [6.07, 6.45) is 1.50. The molecule has 0 saturated heterocycles. The van der Waals surface area contributed by atoms with Crippen molar-refractivity contribution >= 4 is 10.8 Å². The van der Waals surface area contributed by atoms with Crippen molar-refractivity contribution in [2.24, 2.45) is 0 Å². The smallest absolute Gasteiger partial charge is 0.240 e. The molecule has 0 fully saturated rings. The summed E-state index contributed by atoms with van der Waals surface area (Å²) in [5.41, 5.74) is 0. The van der Waals surface area contributed by atoms with Crippen LogP contribution in [0.5, 0.6) is 0 Å². The lowest BCUT2D eigenvalue weighted by molar-refractivity contribution is 0.389. The third-order valence-electron chi connectivity index (χ3n) is 2.52. The summed E-state index contributed by atoms with van der Waals surface area (Å²) < 4.78 is 35.2. The third-order valence-corrected chi connectivity index (χ3v) is 3.81. The Morgan fingerprint density at radius 1 is 1.25 bits per heavy atom. The van der Waals surface area contributed by atoms with Gasteiger partial charge in [-0.1, -0.05) is 11.2 Å². The van der Waals surface area contributed by atoms with Crippen molar-refractivity contribution in [1.29, 1.82) is 0 Å². The molecule has 0 radical (unpaired) electrons. The van der Waals surface area contributed by atoms with Crippen LogP contribution in [0.3, 0.4) is 0 Å².